The quantitative estimate of drug-likeness (QED) is 0.278. The summed E-state index contributed by atoms with van der Waals surface area (Å²) in [7, 11) is 3.04. The van der Waals surface area contributed by atoms with Crippen LogP contribution in [-0.2, 0) is 16.0 Å². The Bertz CT molecular complexity index is 1630. The lowest BCUT2D eigenvalue weighted by atomic mass is 9.91. The van der Waals surface area contributed by atoms with E-state index in [9.17, 15) is 9.59 Å². The van der Waals surface area contributed by atoms with Gasteiger partial charge >= 0.3 is 11.8 Å². The number of pyridine rings is 1. The van der Waals surface area contributed by atoms with Gasteiger partial charge in [0.25, 0.3) is 0 Å². The molecule has 4 aromatic rings. The SMILES string of the molecule is COc1cc2nccc(Oc3ccc(NC(=O)C(=O)NCC4c5ccccc5CCN4C(C)C)cc3F)c2cc1OC. The number of methoxy groups -OCH3 is 2. The number of aromatic nitrogens is 1. The minimum Gasteiger partial charge on any atom is -0.493 e. The van der Waals surface area contributed by atoms with Crippen LogP contribution in [0.3, 0.4) is 0 Å². The fourth-order valence-corrected chi connectivity index (χ4v) is 5.29. The molecule has 5 rings (SSSR count). The van der Waals surface area contributed by atoms with Crippen LogP contribution in [0.1, 0.15) is 31.0 Å². The number of nitrogens with one attached hydrogen (secondary N) is 2. The van der Waals surface area contributed by atoms with Gasteiger partial charge in [-0.15, -0.1) is 0 Å². The van der Waals surface area contributed by atoms with Crippen molar-refractivity contribution in [2.45, 2.75) is 32.4 Å². The number of hydrogen-bond acceptors (Lipinski definition) is 7. The van der Waals surface area contributed by atoms with Gasteiger partial charge < -0.3 is 24.8 Å². The molecule has 0 radical (unpaired) electrons. The first kappa shape index (κ1) is 28.8. The Balaban J connectivity index is 1.25. The van der Waals surface area contributed by atoms with Crippen LogP contribution in [0.25, 0.3) is 10.9 Å². The third-order valence-electron chi connectivity index (χ3n) is 7.40. The van der Waals surface area contributed by atoms with E-state index in [2.05, 4.69) is 46.5 Å². The first-order valence-corrected chi connectivity index (χ1v) is 13.7. The van der Waals surface area contributed by atoms with Crippen molar-refractivity contribution in [3.8, 4) is 23.0 Å². The number of anilines is 1. The highest BCUT2D eigenvalue weighted by Gasteiger charge is 2.29. The van der Waals surface area contributed by atoms with Gasteiger partial charge in [0, 0.05) is 48.5 Å². The van der Waals surface area contributed by atoms with Gasteiger partial charge in [-0.2, -0.15) is 0 Å². The second kappa shape index (κ2) is 12.4. The minimum atomic E-state index is -0.885. The van der Waals surface area contributed by atoms with Gasteiger partial charge in [-0.3, -0.25) is 19.5 Å². The number of rotatable bonds is 8. The number of carbonyl (C=O) groups excluding carboxylic acids is 2. The molecular weight excluding hydrogens is 539 g/mol. The van der Waals surface area contributed by atoms with E-state index in [-0.39, 0.29) is 30.1 Å². The molecule has 2 N–H and O–H groups in total. The van der Waals surface area contributed by atoms with Gasteiger partial charge in [-0.05, 0) is 55.7 Å². The molecule has 1 unspecified atom stereocenters. The monoisotopic (exact) mass is 572 g/mol. The average molecular weight is 573 g/mol. The molecular formula is C32H33FN4O5. The third kappa shape index (κ3) is 5.99. The van der Waals surface area contributed by atoms with Crippen molar-refractivity contribution in [2.24, 2.45) is 0 Å². The Morgan fingerprint density at radius 1 is 0.976 bits per heavy atom. The highest BCUT2D eigenvalue weighted by atomic mass is 19.1. The molecule has 0 saturated heterocycles. The van der Waals surface area contributed by atoms with Crippen molar-refractivity contribution in [3.63, 3.8) is 0 Å². The highest BCUT2D eigenvalue weighted by molar-refractivity contribution is 6.39. The molecule has 42 heavy (non-hydrogen) atoms. The summed E-state index contributed by atoms with van der Waals surface area (Å²) in [5.74, 6) is -1.13. The molecule has 1 atom stereocenters. The van der Waals surface area contributed by atoms with E-state index in [4.69, 9.17) is 14.2 Å². The Kier molecular flexibility index (Phi) is 8.53. The summed E-state index contributed by atoms with van der Waals surface area (Å²) in [6, 6.07) is 17.3. The summed E-state index contributed by atoms with van der Waals surface area (Å²) in [5, 5.41) is 5.82. The molecule has 1 aromatic heterocycles. The van der Waals surface area contributed by atoms with Gasteiger partial charge in [0.2, 0.25) is 0 Å². The van der Waals surface area contributed by atoms with E-state index in [0.29, 0.717) is 28.2 Å². The Labute approximate surface area is 243 Å². The summed E-state index contributed by atoms with van der Waals surface area (Å²) < 4.78 is 31.6. The van der Waals surface area contributed by atoms with Crippen molar-refractivity contribution in [3.05, 3.63) is 83.8 Å². The summed E-state index contributed by atoms with van der Waals surface area (Å²) in [6.07, 6.45) is 2.48. The summed E-state index contributed by atoms with van der Waals surface area (Å²) in [6.45, 7) is 5.37. The van der Waals surface area contributed by atoms with Crippen LogP contribution in [-0.4, -0.2) is 55.0 Å². The lowest BCUT2D eigenvalue weighted by molar-refractivity contribution is -0.136. The fourth-order valence-electron chi connectivity index (χ4n) is 5.29. The van der Waals surface area contributed by atoms with Gasteiger partial charge in [0.15, 0.2) is 23.1 Å². The zero-order chi connectivity index (χ0) is 29.8. The number of amides is 2. The molecule has 3 aromatic carbocycles. The molecule has 0 aliphatic carbocycles. The van der Waals surface area contributed by atoms with Crippen LogP contribution < -0.4 is 24.8 Å². The van der Waals surface area contributed by atoms with Crippen LogP contribution in [0.4, 0.5) is 10.1 Å². The summed E-state index contributed by atoms with van der Waals surface area (Å²) in [4.78, 5) is 32.0. The topological polar surface area (TPSA) is 102 Å². The van der Waals surface area contributed by atoms with Gasteiger partial charge in [0.1, 0.15) is 5.75 Å². The van der Waals surface area contributed by atoms with E-state index >= 15 is 4.39 Å². The normalized spacial score (nSPS) is 14.8. The molecule has 0 saturated carbocycles. The number of fused-ring (bicyclic) bond motifs is 2. The number of ether oxygens (including phenoxy) is 3. The van der Waals surface area contributed by atoms with Crippen molar-refractivity contribution >= 4 is 28.4 Å². The zero-order valence-corrected chi connectivity index (χ0v) is 23.9. The molecule has 0 spiro atoms. The molecule has 1 aliphatic rings. The number of benzene rings is 3. The van der Waals surface area contributed by atoms with Crippen LogP contribution >= 0.6 is 0 Å². The van der Waals surface area contributed by atoms with E-state index in [0.717, 1.165) is 24.6 Å². The largest absolute Gasteiger partial charge is 0.493 e. The van der Waals surface area contributed by atoms with Crippen molar-refractivity contribution in [1.29, 1.82) is 0 Å². The van der Waals surface area contributed by atoms with Crippen LogP contribution in [0.15, 0.2) is 66.9 Å². The number of carbonyl (C=O) groups is 2. The van der Waals surface area contributed by atoms with Gasteiger partial charge in [0.05, 0.1) is 25.8 Å². The minimum absolute atomic E-state index is 0.0501. The third-order valence-corrected chi connectivity index (χ3v) is 7.40. The highest BCUT2D eigenvalue weighted by Crippen LogP contribution is 2.37. The van der Waals surface area contributed by atoms with Crippen LogP contribution in [0.2, 0.25) is 0 Å². The first-order chi connectivity index (χ1) is 20.3. The number of halogens is 1. The van der Waals surface area contributed by atoms with Crippen LogP contribution in [0, 0.1) is 5.82 Å². The van der Waals surface area contributed by atoms with Crippen LogP contribution in [0.5, 0.6) is 23.0 Å². The molecule has 1 aliphatic heterocycles. The van der Waals surface area contributed by atoms with Gasteiger partial charge in [-0.1, -0.05) is 24.3 Å². The maximum atomic E-state index is 15.1. The molecule has 2 amide bonds. The Morgan fingerprint density at radius 2 is 1.74 bits per heavy atom. The molecule has 2 heterocycles. The van der Waals surface area contributed by atoms with E-state index < -0.39 is 17.6 Å². The zero-order valence-electron chi connectivity index (χ0n) is 23.9. The Morgan fingerprint density at radius 3 is 2.48 bits per heavy atom. The standard InChI is InChI=1S/C32H33FN4O5/c1-19(2)37-14-12-20-7-5-6-8-22(20)26(37)18-35-31(38)32(39)36-21-9-10-28(24(33)15-21)42-27-11-13-34-25-17-30(41-4)29(40-3)16-23(25)27/h5-11,13,15-17,19,26H,12,14,18H2,1-4H3,(H,35,38)(H,36,39). The predicted molar refractivity (Wildman–Crippen MR) is 158 cm³/mol. The maximum Gasteiger partial charge on any atom is 0.313 e. The first-order valence-electron chi connectivity index (χ1n) is 13.7. The number of hydrogen-bond donors (Lipinski definition) is 2. The van der Waals surface area contributed by atoms with Gasteiger partial charge in [-0.25, -0.2) is 4.39 Å². The smallest absolute Gasteiger partial charge is 0.313 e. The second-order valence-electron chi connectivity index (χ2n) is 10.2. The van der Waals surface area contributed by atoms with Crippen molar-refractivity contribution in [2.75, 3.05) is 32.6 Å². The molecule has 218 valence electrons. The van der Waals surface area contributed by atoms with E-state index in [1.807, 2.05) is 12.1 Å². The maximum absolute atomic E-state index is 15.1. The summed E-state index contributed by atoms with van der Waals surface area (Å²) >= 11 is 0. The lowest BCUT2D eigenvalue weighted by Gasteiger charge is -2.40. The lowest BCUT2D eigenvalue weighted by Crippen LogP contribution is -2.46. The Hall–Kier alpha value is -4.70. The van der Waals surface area contributed by atoms with Crippen molar-refractivity contribution in [1.82, 2.24) is 15.2 Å². The van der Waals surface area contributed by atoms with E-state index in [1.54, 1.807) is 24.4 Å². The molecule has 9 nitrogen and oxygen atoms in total. The van der Waals surface area contributed by atoms with Crippen molar-refractivity contribution < 1.29 is 28.2 Å². The van der Waals surface area contributed by atoms with E-state index in [1.165, 1.54) is 31.9 Å². The molecule has 0 fully saturated rings. The molecule has 10 heteroatoms. The summed E-state index contributed by atoms with van der Waals surface area (Å²) in [5.41, 5.74) is 3.09. The molecule has 0 bridgehead atoms. The number of nitrogens with zero attached hydrogens (tertiary/aromatic N) is 2. The second-order valence-corrected chi connectivity index (χ2v) is 10.2. The predicted octanol–water partition coefficient (Wildman–Crippen LogP) is 5.25. The fraction of sp³-hybridized carbons (Fsp3) is 0.281. The average Bonchev–Trinajstić information content (AvgIpc) is 3.00.